The van der Waals surface area contributed by atoms with Crippen molar-refractivity contribution in [3.8, 4) is 0 Å². The summed E-state index contributed by atoms with van der Waals surface area (Å²) < 4.78 is 0.947. The van der Waals surface area contributed by atoms with Crippen LogP contribution >= 0.6 is 11.3 Å². The molecule has 0 aliphatic carbocycles. The molecule has 0 unspecified atom stereocenters. The number of benzene rings is 1. The van der Waals surface area contributed by atoms with E-state index in [-0.39, 0.29) is 12.5 Å². The Morgan fingerprint density at radius 3 is 2.78 bits per heavy atom. The fourth-order valence-corrected chi connectivity index (χ4v) is 2.67. The number of amides is 2. The molecule has 0 aliphatic heterocycles. The summed E-state index contributed by atoms with van der Waals surface area (Å²) in [5.74, 6) is -0.955. The van der Waals surface area contributed by atoms with Gasteiger partial charge in [0.15, 0.2) is 0 Å². The van der Waals surface area contributed by atoms with Gasteiger partial charge in [0.05, 0.1) is 12.2 Å². The smallest absolute Gasteiger partial charge is 0.263 e. The number of hydrogen-bond acceptors (Lipinski definition) is 4. The number of fused-ring (bicyclic) bond motifs is 1. The standard InChI is InChI=1S/C12H13N3O2S/c1-6-2-3-8-7(4-6)10(14)11(18-8)12(17)15-5-9(13)16/h2-4H,5,14H2,1H3,(H2,13,16)(H,15,17). The van der Waals surface area contributed by atoms with Crippen LogP contribution in [0.1, 0.15) is 15.2 Å². The number of rotatable bonds is 3. The number of nitrogens with one attached hydrogen (secondary N) is 1. The summed E-state index contributed by atoms with van der Waals surface area (Å²) in [7, 11) is 0. The van der Waals surface area contributed by atoms with Gasteiger partial charge in [-0.25, -0.2) is 0 Å². The Balaban J connectivity index is 2.36. The number of aryl methyl sites for hydroxylation is 1. The minimum Gasteiger partial charge on any atom is -0.397 e. The molecule has 5 N–H and O–H groups in total. The second-order valence-electron chi connectivity index (χ2n) is 3.99. The molecule has 0 saturated heterocycles. The lowest BCUT2D eigenvalue weighted by atomic mass is 10.1. The Morgan fingerprint density at radius 2 is 2.11 bits per heavy atom. The van der Waals surface area contributed by atoms with E-state index < -0.39 is 5.91 Å². The van der Waals surface area contributed by atoms with Crippen LogP contribution in [0.25, 0.3) is 10.1 Å². The SMILES string of the molecule is Cc1ccc2sc(C(=O)NCC(N)=O)c(N)c2c1. The van der Waals surface area contributed by atoms with Crippen LogP contribution in [0.4, 0.5) is 5.69 Å². The van der Waals surface area contributed by atoms with E-state index in [1.54, 1.807) is 0 Å². The molecule has 5 nitrogen and oxygen atoms in total. The molecule has 0 spiro atoms. The first-order valence-corrected chi connectivity index (χ1v) is 6.16. The van der Waals surface area contributed by atoms with E-state index in [9.17, 15) is 9.59 Å². The zero-order chi connectivity index (χ0) is 13.3. The molecule has 0 atom stereocenters. The zero-order valence-corrected chi connectivity index (χ0v) is 10.6. The second-order valence-corrected chi connectivity index (χ2v) is 5.05. The predicted molar refractivity (Wildman–Crippen MR) is 72.5 cm³/mol. The molecule has 18 heavy (non-hydrogen) atoms. The van der Waals surface area contributed by atoms with Gasteiger partial charge in [0.25, 0.3) is 5.91 Å². The summed E-state index contributed by atoms with van der Waals surface area (Å²) in [6, 6.07) is 5.83. The molecule has 0 bridgehead atoms. The van der Waals surface area contributed by atoms with Crippen molar-refractivity contribution in [1.29, 1.82) is 0 Å². The van der Waals surface area contributed by atoms with Gasteiger partial charge < -0.3 is 16.8 Å². The molecule has 1 aromatic carbocycles. The van der Waals surface area contributed by atoms with Crippen molar-refractivity contribution < 1.29 is 9.59 Å². The van der Waals surface area contributed by atoms with Crippen LogP contribution in [-0.4, -0.2) is 18.4 Å². The van der Waals surface area contributed by atoms with Gasteiger partial charge in [0, 0.05) is 10.1 Å². The van der Waals surface area contributed by atoms with E-state index in [1.165, 1.54) is 11.3 Å². The zero-order valence-electron chi connectivity index (χ0n) is 9.82. The normalized spacial score (nSPS) is 10.5. The summed E-state index contributed by atoms with van der Waals surface area (Å²) in [5.41, 5.74) is 12.4. The Hall–Kier alpha value is -2.08. The van der Waals surface area contributed by atoms with Crippen LogP contribution in [0, 0.1) is 6.92 Å². The molecule has 0 saturated carbocycles. The van der Waals surface area contributed by atoms with E-state index in [1.807, 2.05) is 25.1 Å². The number of thiophene rings is 1. The number of nitrogens with two attached hydrogens (primary N) is 2. The first-order chi connectivity index (χ1) is 8.49. The number of hydrogen-bond donors (Lipinski definition) is 3. The Bertz CT molecular complexity index is 634. The maximum Gasteiger partial charge on any atom is 0.263 e. The van der Waals surface area contributed by atoms with Gasteiger partial charge in [0.2, 0.25) is 5.91 Å². The molecule has 2 rings (SSSR count). The van der Waals surface area contributed by atoms with Gasteiger partial charge in [-0.05, 0) is 19.1 Å². The Kier molecular flexibility index (Phi) is 3.20. The molecule has 6 heteroatoms. The lowest BCUT2D eigenvalue weighted by Gasteiger charge is -2.01. The summed E-state index contributed by atoms with van der Waals surface area (Å²) in [5, 5.41) is 3.30. The fraction of sp³-hybridized carbons (Fsp3) is 0.167. The van der Waals surface area contributed by atoms with E-state index in [0.29, 0.717) is 10.6 Å². The maximum atomic E-state index is 11.8. The molecule has 94 valence electrons. The molecule has 2 aromatic rings. The first-order valence-electron chi connectivity index (χ1n) is 5.34. The van der Waals surface area contributed by atoms with Crippen molar-refractivity contribution in [2.45, 2.75) is 6.92 Å². The molecular formula is C12H13N3O2S. The lowest BCUT2D eigenvalue weighted by molar-refractivity contribution is -0.117. The third-order valence-corrected chi connectivity index (χ3v) is 3.70. The highest BCUT2D eigenvalue weighted by molar-refractivity contribution is 7.21. The number of anilines is 1. The third kappa shape index (κ3) is 2.28. The van der Waals surface area contributed by atoms with Gasteiger partial charge in [-0.15, -0.1) is 11.3 Å². The third-order valence-electron chi connectivity index (χ3n) is 2.51. The molecule has 1 heterocycles. The minimum absolute atomic E-state index is 0.189. The van der Waals surface area contributed by atoms with Crippen molar-refractivity contribution in [3.63, 3.8) is 0 Å². The molecule has 0 aliphatic rings. The largest absolute Gasteiger partial charge is 0.397 e. The molecule has 2 amide bonds. The molecule has 0 radical (unpaired) electrons. The van der Waals surface area contributed by atoms with Crippen molar-refractivity contribution >= 4 is 38.9 Å². The first kappa shape index (κ1) is 12.4. The predicted octanol–water partition coefficient (Wildman–Crippen LogP) is 1.01. The topological polar surface area (TPSA) is 98.2 Å². The molecule has 0 fully saturated rings. The minimum atomic E-state index is -0.584. The van der Waals surface area contributed by atoms with Gasteiger partial charge in [-0.3, -0.25) is 9.59 Å². The van der Waals surface area contributed by atoms with Crippen molar-refractivity contribution in [2.24, 2.45) is 5.73 Å². The van der Waals surface area contributed by atoms with E-state index >= 15 is 0 Å². The number of carbonyl (C=O) groups is 2. The molecule has 1 aromatic heterocycles. The van der Waals surface area contributed by atoms with Gasteiger partial charge in [-0.2, -0.15) is 0 Å². The maximum absolute atomic E-state index is 11.8. The van der Waals surface area contributed by atoms with E-state index in [0.717, 1.165) is 15.6 Å². The van der Waals surface area contributed by atoms with Gasteiger partial charge >= 0.3 is 0 Å². The van der Waals surface area contributed by atoms with Crippen molar-refractivity contribution in [2.75, 3.05) is 12.3 Å². The van der Waals surface area contributed by atoms with Crippen LogP contribution in [0.3, 0.4) is 0 Å². The highest BCUT2D eigenvalue weighted by Gasteiger charge is 2.16. The van der Waals surface area contributed by atoms with Crippen LogP contribution in [-0.2, 0) is 4.79 Å². The van der Waals surface area contributed by atoms with Crippen LogP contribution in [0.2, 0.25) is 0 Å². The van der Waals surface area contributed by atoms with Crippen molar-refractivity contribution in [1.82, 2.24) is 5.32 Å². The second kappa shape index (κ2) is 4.66. The van der Waals surface area contributed by atoms with Crippen LogP contribution in [0.5, 0.6) is 0 Å². The summed E-state index contributed by atoms with van der Waals surface area (Å²) in [4.78, 5) is 22.9. The highest BCUT2D eigenvalue weighted by atomic mass is 32.1. The summed E-state index contributed by atoms with van der Waals surface area (Å²) in [6.45, 7) is 1.77. The van der Waals surface area contributed by atoms with E-state index in [2.05, 4.69) is 5.32 Å². The van der Waals surface area contributed by atoms with Crippen molar-refractivity contribution in [3.05, 3.63) is 28.6 Å². The highest BCUT2D eigenvalue weighted by Crippen LogP contribution is 2.33. The monoisotopic (exact) mass is 263 g/mol. The molecular weight excluding hydrogens is 250 g/mol. The Morgan fingerprint density at radius 1 is 1.39 bits per heavy atom. The number of primary amides is 1. The average molecular weight is 263 g/mol. The average Bonchev–Trinajstić information content (AvgIpc) is 2.64. The number of carbonyl (C=O) groups excluding carboxylic acids is 2. The summed E-state index contributed by atoms with van der Waals surface area (Å²) in [6.07, 6.45) is 0. The lowest BCUT2D eigenvalue weighted by Crippen LogP contribution is -2.33. The Labute approximate surface area is 108 Å². The quantitative estimate of drug-likeness (QED) is 0.770. The number of nitrogen functional groups attached to an aromatic ring is 1. The summed E-state index contributed by atoms with van der Waals surface area (Å²) >= 11 is 1.30. The van der Waals surface area contributed by atoms with Gasteiger partial charge in [-0.1, -0.05) is 11.6 Å². The van der Waals surface area contributed by atoms with Gasteiger partial charge in [0.1, 0.15) is 4.88 Å². The fourth-order valence-electron chi connectivity index (χ4n) is 1.65. The van der Waals surface area contributed by atoms with E-state index in [4.69, 9.17) is 11.5 Å². The van der Waals surface area contributed by atoms with Crippen LogP contribution in [0.15, 0.2) is 18.2 Å². The van der Waals surface area contributed by atoms with Crippen LogP contribution < -0.4 is 16.8 Å².